The van der Waals surface area contributed by atoms with Gasteiger partial charge in [-0.1, -0.05) is 11.6 Å². The van der Waals surface area contributed by atoms with Gasteiger partial charge in [-0.15, -0.1) is 0 Å². The number of rotatable bonds is 4. The Kier molecular flexibility index (Phi) is 5.17. The van der Waals surface area contributed by atoms with Crippen LogP contribution >= 0.6 is 11.6 Å². The van der Waals surface area contributed by atoms with Crippen molar-refractivity contribution in [3.8, 4) is 11.3 Å². The van der Waals surface area contributed by atoms with Gasteiger partial charge >= 0.3 is 6.18 Å². The fraction of sp³-hybridized carbons (Fsp3) is 0.158. The van der Waals surface area contributed by atoms with Gasteiger partial charge < -0.3 is 5.32 Å². The van der Waals surface area contributed by atoms with Crippen molar-refractivity contribution in [2.75, 3.05) is 5.32 Å². The lowest BCUT2D eigenvalue weighted by Gasteiger charge is -2.16. The molecule has 4 rings (SSSR count). The molecular weight excluding hydrogens is 419 g/mol. The van der Waals surface area contributed by atoms with Crippen LogP contribution in [0.5, 0.6) is 0 Å². The highest BCUT2D eigenvalue weighted by atomic mass is 35.5. The van der Waals surface area contributed by atoms with Crippen molar-refractivity contribution in [3.63, 3.8) is 0 Å². The number of aromatic nitrogens is 6. The lowest BCUT2D eigenvalue weighted by atomic mass is 10.1. The van der Waals surface area contributed by atoms with Gasteiger partial charge in [-0.25, -0.2) is 24.9 Å². The molecular formula is C19H13ClF3N7. The van der Waals surface area contributed by atoms with Gasteiger partial charge in [0.05, 0.1) is 22.1 Å². The monoisotopic (exact) mass is 431 g/mol. The van der Waals surface area contributed by atoms with E-state index in [0.717, 1.165) is 18.0 Å². The second-order valence-corrected chi connectivity index (χ2v) is 6.82. The summed E-state index contributed by atoms with van der Waals surface area (Å²) in [6.07, 6.45) is 2.22. The minimum absolute atomic E-state index is 0.414. The van der Waals surface area contributed by atoms with Crippen LogP contribution in [0.4, 0.5) is 19.0 Å². The quantitative estimate of drug-likeness (QED) is 0.500. The Labute approximate surface area is 173 Å². The molecule has 0 fully saturated rings. The third kappa shape index (κ3) is 4.13. The molecule has 0 aromatic carbocycles. The van der Waals surface area contributed by atoms with Crippen LogP contribution < -0.4 is 5.32 Å². The molecule has 4 aromatic rings. The molecule has 0 unspecified atom stereocenters. The summed E-state index contributed by atoms with van der Waals surface area (Å²) in [6, 6.07) is 4.91. The van der Waals surface area contributed by atoms with E-state index >= 15 is 0 Å². The number of anilines is 1. The van der Waals surface area contributed by atoms with Gasteiger partial charge in [-0.3, -0.25) is 4.98 Å². The normalized spacial score (nSPS) is 12.7. The Morgan fingerprint density at radius 2 is 1.70 bits per heavy atom. The molecule has 0 spiro atoms. The summed E-state index contributed by atoms with van der Waals surface area (Å²) in [7, 11) is 0. The zero-order valence-electron chi connectivity index (χ0n) is 15.4. The average Bonchev–Trinajstić information content (AvgIpc) is 2.74. The molecule has 0 bridgehead atoms. The van der Waals surface area contributed by atoms with Crippen molar-refractivity contribution in [2.45, 2.75) is 19.1 Å². The second kappa shape index (κ2) is 7.79. The van der Waals surface area contributed by atoms with Gasteiger partial charge in [0.1, 0.15) is 12.1 Å². The fourth-order valence-electron chi connectivity index (χ4n) is 2.74. The van der Waals surface area contributed by atoms with E-state index in [1.807, 2.05) is 6.07 Å². The predicted molar refractivity (Wildman–Crippen MR) is 105 cm³/mol. The van der Waals surface area contributed by atoms with Gasteiger partial charge in [0, 0.05) is 35.9 Å². The topological polar surface area (TPSA) is 89.4 Å². The highest BCUT2D eigenvalue weighted by Gasteiger charge is 2.34. The molecule has 4 aromatic heterocycles. The third-order valence-corrected chi connectivity index (χ3v) is 4.51. The molecule has 0 saturated heterocycles. The maximum atomic E-state index is 12.7. The second-order valence-electron chi connectivity index (χ2n) is 6.38. The van der Waals surface area contributed by atoms with Crippen molar-refractivity contribution >= 4 is 28.5 Å². The summed E-state index contributed by atoms with van der Waals surface area (Å²) >= 11 is 5.89. The maximum Gasteiger partial charge on any atom is 0.451 e. The van der Waals surface area contributed by atoms with Gasteiger partial charge in [0.15, 0.2) is 5.65 Å². The minimum atomic E-state index is -4.59. The van der Waals surface area contributed by atoms with Crippen molar-refractivity contribution in [3.05, 3.63) is 65.7 Å². The van der Waals surface area contributed by atoms with Crippen LogP contribution in [0.3, 0.4) is 0 Å². The molecule has 4 heterocycles. The molecule has 1 atom stereocenters. The standard InChI is InChI=1S/C19H13ClF3N7/c1-10(12-6-26-18(27-7-12)19(21,22)23)30-17-14-4-11(5-25-16(14)28-9-29-17)15-3-2-13(20)8-24-15/h2-10H,1H3,(H,25,28,29,30)/t10-/m0/s1. The van der Waals surface area contributed by atoms with Crippen LogP contribution in [0.2, 0.25) is 5.02 Å². The number of nitrogens with zero attached hydrogens (tertiary/aromatic N) is 6. The van der Waals surface area contributed by atoms with Gasteiger partial charge in [-0.2, -0.15) is 13.2 Å². The van der Waals surface area contributed by atoms with Crippen molar-refractivity contribution < 1.29 is 13.2 Å². The van der Waals surface area contributed by atoms with E-state index in [-0.39, 0.29) is 0 Å². The fourth-order valence-corrected chi connectivity index (χ4v) is 2.86. The van der Waals surface area contributed by atoms with Crippen molar-refractivity contribution in [1.82, 2.24) is 29.9 Å². The van der Waals surface area contributed by atoms with Crippen LogP contribution in [0, 0.1) is 0 Å². The SMILES string of the molecule is C[C@H](Nc1ncnc2ncc(-c3ccc(Cl)cn3)cc12)c1cnc(C(F)(F)F)nc1. The summed E-state index contributed by atoms with van der Waals surface area (Å²) in [5, 5.41) is 4.30. The van der Waals surface area contributed by atoms with Crippen molar-refractivity contribution in [2.24, 2.45) is 0 Å². The Morgan fingerprint density at radius 3 is 2.37 bits per heavy atom. The van der Waals surface area contributed by atoms with Crippen LogP contribution in [0.1, 0.15) is 24.4 Å². The summed E-state index contributed by atoms with van der Waals surface area (Å²) in [6.45, 7) is 1.76. The molecule has 30 heavy (non-hydrogen) atoms. The van der Waals surface area contributed by atoms with E-state index in [1.165, 1.54) is 12.5 Å². The highest BCUT2D eigenvalue weighted by molar-refractivity contribution is 6.30. The van der Waals surface area contributed by atoms with Gasteiger partial charge in [0.2, 0.25) is 5.82 Å². The Balaban J connectivity index is 1.65. The summed E-state index contributed by atoms with van der Waals surface area (Å²) in [5.41, 5.74) is 2.34. The molecule has 11 heteroatoms. The summed E-state index contributed by atoms with van der Waals surface area (Å²) < 4.78 is 38.0. The predicted octanol–water partition coefficient (Wildman–Crippen LogP) is 4.72. The van der Waals surface area contributed by atoms with E-state index in [9.17, 15) is 13.2 Å². The minimum Gasteiger partial charge on any atom is -0.363 e. The number of fused-ring (bicyclic) bond motifs is 1. The Morgan fingerprint density at radius 1 is 0.933 bits per heavy atom. The molecule has 0 amide bonds. The highest BCUT2D eigenvalue weighted by Crippen LogP contribution is 2.28. The first-order valence-corrected chi connectivity index (χ1v) is 9.07. The van der Waals surface area contributed by atoms with Crippen LogP contribution in [-0.4, -0.2) is 29.9 Å². The zero-order chi connectivity index (χ0) is 21.3. The van der Waals surface area contributed by atoms with E-state index in [2.05, 4.69) is 35.2 Å². The van der Waals surface area contributed by atoms with E-state index < -0.39 is 18.0 Å². The number of pyridine rings is 2. The third-order valence-electron chi connectivity index (χ3n) is 4.29. The molecule has 7 nitrogen and oxygen atoms in total. The molecule has 0 radical (unpaired) electrons. The van der Waals surface area contributed by atoms with E-state index in [0.29, 0.717) is 33.1 Å². The van der Waals surface area contributed by atoms with Gasteiger partial charge in [-0.05, 0) is 25.1 Å². The molecule has 0 aliphatic heterocycles. The molecule has 0 aliphatic carbocycles. The summed E-state index contributed by atoms with van der Waals surface area (Å²) in [4.78, 5) is 23.8. The van der Waals surface area contributed by atoms with Crippen LogP contribution in [0.25, 0.3) is 22.3 Å². The molecule has 0 saturated carbocycles. The zero-order valence-corrected chi connectivity index (χ0v) is 16.1. The largest absolute Gasteiger partial charge is 0.451 e. The molecule has 0 aliphatic rings. The van der Waals surface area contributed by atoms with Crippen LogP contribution in [0.15, 0.2) is 49.3 Å². The number of halogens is 4. The first-order chi connectivity index (χ1) is 14.3. The summed E-state index contributed by atoms with van der Waals surface area (Å²) in [5.74, 6) is -0.717. The van der Waals surface area contributed by atoms with Crippen molar-refractivity contribution in [1.29, 1.82) is 0 Å². The number of hydrogen-bond acceptors (Lipinski definition) is 7. The number of alkyl halides is 3. The number of hydrogen-bond donors (Lipinski definition) is 1. The average molecular weight is 432 g/mol. The first-order valence-electron chi connectivity index (χ1n) is 8.69. The maximum absolute atomic E-state index is 12.7. The molecule has 152 valence electrons. The van der Waals surface area contributed by atoms with E-state index in [4.69, 9.17) is 11.6 Å². The number of nitrogens with one attached hydrogen (secondary N) is 1. The lowest BCUT2D eigenvalue weighted by molar-refractivity contribution is -0.145. The van der Waals surface area contributed by atoms with Gasteiger partial charge in [0.25, 0.3) is 0 Å². The smallest absolute Gasteiger partial charge is 0.363 e. The lowest BCUT2D eigenvalue weighted by Crippen LogP contribution is -2.14. The molecule has 1 N–H and O–H groups in total. The van der Waals surface area contributed by atoms with E-state index in [1.54, 1.807) is 25.3 Å². The Bertz CT molecular complexity index is 1180. The Hall–Kier alpha value is -3.40. The van der Waals surface area contributed by atoms with Crippen LogP contribution in [-0.2, 0) is 6.18 Å². The first kappa shape index (κ1) is 19.9.